The fourth-order valence-corrected chi connectivity index (χ4v) is 2.75. The zero-order valence-electron chi connectivity index (χ0n) is 16.6. The van der Waals surface area contributed by atoms with Crippen molar-refractivity contribution < 1.29 is 4.74 Å². The molecule has 0 fully saturated rings. The Morgan fingerprint density at radius 3 is 2.70 bits per heavy atom. The monoisotopic (exact) mass is 388 g/mol. The Hall–Kier alpha value is -2.27. The Labute approximate surface area is 167 Å². The number of halogens is 1. The first-order valence-electron chi connectivity index (χ1n) is 9.22. The smallest absolute Gasteiger partial charge is 0.191 e. The number of rotatable bonds is 8. The van der Waals surface area contributed by atoms with Crippen molar-refractivity contribution in [1.82, 2.24) is 15.6 Å². The lowest BCUT2D eigenvalue weighted by Crippen LogP contribution is -2.39. The lowest BCUT2D eigenvalue weighted by molar-refractivity contribution is 0.412. The Bertz CT molecular complexity index is 744. The lowest BCUT2D eigenvalue weighted by Gasteiger charge is -2.24. The first-order chi connectivity index (χ1) is 12.9. The lowest BCUT2D eigenvalue weighted by atomic mass is 9.85. The van der Waals surface area contributed by atoms with Crippen LogP contribution in [0, 0.1) is 0 Å². The van der Waals surface area contributed by atoms with Gasteiger partial charge in [-0.1, -0.05) is 43.6 Å². The normalized spacial score (nSPS) is 12.0. The SMILES string of the molecule is CCNC(=NCC(C)(C)c1cccc(OC)c1)NCCc1ccc(Cl)nc1. The van der Waals surface area contributed by atoms with Gasteiger partial charge < -0.3 is 15.4 Å². The van der Waals surface area contributed by atoms with Gasteiger partial charge in [0.15, 0.2) is 5.96 Å². The average Bonchev–Trinajstić information content (AvgIpc) is 2.67. The van der Waals surface area contributed by atoms with Crippen LogP contribution in [0.15, 0.2) is 47.6 Å². The number of aromatic nitrogens is 1. The van der Waals surface area contributed by atoms with E-state index >= 15 is 0 Å². The maximum Gasteiger partial charge on any atom is 0.191 e. The summed E-state index contributed by atoms with van der Waals surface area (Å²) in [5.74, 6) is 1.68. The van der Waals surface area contributed by atoms with E-state index in [0.29, 0.717) is 11.7 Å². The van der Waals surface area contributed by atoms with Crippen LogP contribution in [0.5, 0.6) is 5.75 Å². The third-order valence-electron chi connectivity index (χ3n) is 4.32. The summed E-state index contributed by atoms with van der Waals surface area (Å²) < 4.78 is 5.34. The molecule has 5 nitrogen and oxygen atoms in total. The minimum Gasteiger partial charge on any atom is -0.497 e. The number of hydrogen-bond donors (Lipinski definition) is 2. The summed E-state index contributed by atoms with van der Waals surface area (Å²) in [4.78, 5) is 8.89. The van der Waals surface area contributed by atoms with Crippen LogP contribution in [0.4, 0.5) is 0 Å². The van der Waals surface area contributed by atoms with Gasteiger partial charge in [-0.25, -0.2) is 4.98 Å². The zero-order chi connectivity index (χ0) is 19.7. The van der Waals surface area contributed by atoms with E-state index < -0.39 is 0 Å². The third kappa shape index (κ3) is 6.75. The number of aliphatic imine (C=N–C) groups is 1. The molecule has 0 aliphatic rings. The molecule has 0 saturated heterocycles. The molecule has 0 aliphatic carbocycles. The molecule has 27 heavy (non-hydrogen) atoms. The van der Waals surface area contributed by atoms with Crippen LogP contribution < -0.4 is 15.4 Å². The minimum atomic E-state index is -0.100. The number of hydrogen-bond acceptors (Lipinski definition) is 3. The number of ether oxygens (including phenoxy) is 1. The molecular weight excluding hydrogens is 360 g/mol. The van der Waals surface area contributed by atoms with E-state index in [4.69, 9.17) is 21.3 Å². The Balaban J connectivity index is 1.97. The summed E-state index contributed by atoms with van der Waals surface area (Å²) >= 11 is 5.83. The molecule has 0 bridgehead atoms. The molecule has 0 atom stereocenters. The Morgan fingerprint density at radius 1 is 1.22 bits per heavy atom. The van der Waals surface area contributed by atoms with Crippen molar-refractivity contribution in [3.05, 3.63) is 58.9 Å². The van der Waals surface area contributed by atoms with Gasteiger partial charge in [-0.05, 0) is 42.7 Å². The average molecular weight is 389 g/mol. The second-order valence-electron chi connectivity index (χ2n) is 6.98. The van der Waals surface area contributed by atoms with Crippen molar-refractivity contribution in [3.63, 3.8) is 0 Å². The first-order valence-corrected chi connectivity index (χ1v) is 9.59. The number of guanidine groups is 1. The highest BCUT2D eigenvalue weighted by molar-refractivity contribution is 6.29. The molecule has 1 heterocycles. The van der Waals surface area contributed by atoms with Gasteiger partial charge in [-0.15, -0.1) is 0 Å². The van der Waals surface area contributed by atoms with Gasteiger partial charge in [0.1, 0.15) is 10.9 Å². The van der Waals surface area contributed by atoms with Crippen molar-refractivity contribution in [3.8, 4) is 5.75 Å². The van der Waals surface area contributed by atoms with Gasteiger partial charge in [0.05, 0.1) is 13.7 Å². The molecule has 2 rings (SSSR count). The fourth-order valence-electron chi connectivity index (χ4n) is 2.63. The number of methoxy groups -OCH3 is 1. The van der Waals surface area contributed by atoms with Crippen molar-refractivity contribution in [1.29, 1.82) is 0 Å². The summed E-state index contributed by atoms with van der Waals surface area (Å²) in [5, 5.41) is 7.20. The maximum atomic E-state index is 5.83. The molecule has 1 aromatic carbocycles. The molecule has 0 aliphatic heterocycles. The number of nitrogens with zero attached hydrogens (tertiary/aromatic N) is 2. The van der Waals surface area contributed by atoms with Crippen LogP contribution in [0.3, 0.4) is 0 Å². The summed E-state index contributed by atoms with van der Waals surface area (Å²) in [6.07, 6.45) is 2.66. The van der Waals surface area contributed by atoms with Crippen LogP contribution in [0.1, 0.15) is 31.9 Å². The zero-order valence-corrected chi connectivity index (χ0v) is 17.3. The standard InChI is InChI=1S/C21H29ClN4O/c1-5-23-20(24-12-11-16-9-10-19(22)25-14-16)26-15-21(2,3)17-7-6-8-18(13-17)27-4/h6-10,13-14H,5,11-12,15H2,1-4H3,(H2,23,24,26). The van der Waals surface area contributed by atoms with Crippen LogP contribution in [-0.2, 0) is 11.8 Å². The highest BCUT2D eigenvalue weighted by Gasteiger charge is 2.21. The van der Waals surface area contributed by atoms with E-state index in [9.17, 15) is 0 Å². The van der Waals surface area contributed by atoms with Crippen molar-refractivity contribution >= 4 is 17.6 Å². The van der Waals surface area contributed by atoms with Gasteiger partial charge in [-0.2, -0.15) is 0 Å². The summed E-state index contributed by atoms with van der Waals surface area (Å²) in [7, 11) is 1.69. The molecule has 0 spiro atoms. The van der Waals surface area contributed by atoms with Crippen LogP contribution in [-0.4, -0.2) is 37.7 Å². The molecule has 6 heteroatoms. The topological polar surface area (TPSA) is 58.5 Å². The summed E-state index contributed by atoms with van der Waals surface area (Å²) in [6, 6.07) is 12.0. The van der Waals surface area contributed by atoms with Gasteiger partial charge in [-0.3, -0.25) is 4.99 Å². The van der Waals surface area contributed by atoms with Gasteiger partial charge in [0, 0.05) is 24.7 Å². The molecule has 0 amide bonds. The van der Waals surface area contributed by atoms with Crippen LogP contribution in [0.2, 0.25) is 5.15 Å². The quantitative estimate of drug-likeness (QED) is 0.410. The molecule has 2 N–H and O–H groups in total. The molecule has 0 saturated carbocycles. The highest BCUT2D eigenvalue weighted by atomic mass is 35.5. The summed E-state index contributed by atoms with van der Waals surface area (Å²) in [5.41, 5.74) is 2.24. The fraction of sp³-hybridized carbons (Fsp3) is 0.429. The van der Waals surface area contributed by atoms with E-state index in [1.165, 1.54) is 5.56 Å². The second-order valence-corrected chi connectivity index (χ2v) is 7.36. The van der Waals surface area contributed by atoms with Crippen molar-refractivity contribution in [2.24, 2.45) is 4.99 Å². The maximum absolute atomic E-state index is 5.83. The summed E-state index contributed by atoms with van der Waals surface area (Å²) in [6.45, 7) is 8.69. The largest absolute Gasteiger partial charge is 0.497 e. The van der Waals surface area contributed by atoms with E-state index in [2.05, 4.69) is 48.5 Å². The predicted molar refractivity (Wildman–Crippen MR) is 113 cm³/mol. The first kappa shape index (κ1) is 21.0. The van der Waals surface area contributed by atoms with Gasteiger partial charge in [0.2, 0.25) is 0 Å². The van der Waals surface area contributed by atoms with Gasteiger partial charge >= 0.3 is 0 Å². The molecule has 0 unspecified atom stereocenters. The Kier molecular flexibility index (Phi) is 7.92. The number of benzene rings is 1. The highest BCUT2D eigenvalue weighted by Crippen LogP contribution is 2.26. The number of nitrogens with one attached hydrogen (secondary N) is 2. The van der Waals surface area contributed by atoms with E-state index in [-0.39, 0.29) is 5.41 Å². The van der Waals surface area contributed by atoms with Crippen molar-refractivity contribution in [2.45, 2.75) is 32.6 Å². The second kappa shape index (κ2) is 10.2. The van der Waals surface area contributed by atoms with E-state index in [1.807, 2.05) is 24.3 Å². The van der Waals surface area contributed by atoms with E-state index in [0.717, 1.165) is 36.8 Å². The Morgan fingerprint density at radius 2 is 2.04 bits per heavy atom. The predicted octanol–water partition coefficient (Wildman–Crippen LogP) is 3.82. The molecule has 2 aromatic rings. The molecule has 0 radical (unpaired) electrons. The molecular formula is C21H29ClN4O. The minimum absolute atomic E-state index is 0.100. The third-order valence-corrected chi connectivity index (χ3v) is 4.55. The van der Waals surface area contributed by atoms with E-state index in [1.54, 1.807) is 13.3 Å². The molecule has 1 aromatic heterocycles. The van der Waals surface area contributed by atoms with Gasteiger partial charge in [0.25, 0.3) is 0 Å². The molecule has 146 valence electrons. The number of pyridine rings is 1. The van der Waals surface area contributed by atoms with Crippen LogP contribution >= 0.6 is 11.6 Å². The van der Waals surface area contributed by atoms with Crippen molar-refractivity contribution in [2.75, 3.05) is 26.7 Å². The van der Waals surface area contributed by atoms with Crippen LogP contribution in [0.25, 0.3) is 0 Å².